The first-order valence-corrected chi connectivity index (χ1v) is 8.87. The molecule has 0 radical (unpaired) electrons. The minimum Gasteiger partial charge on any atom is -0.326 e. The maximum absolute atomic E-state index is 11.7. The number of hydrogen-bond donors (Lipinski definition) is 1. The van der Waals surface area contributed by atoms with Gasteiger partial charge < -0.3 is 5.73 Å². The first-order valence-electron chi connectivity index (χ1n) is 7.05. The third kappa shape index (κ3) is 3.22. The van der Waals surface area contributed by atoms with Crippen molar-refractivity contribution in [3.05, 3.63) is 35.4 Å². The summed E-state index contributed by atoms with van der Waals surface area (Å²) >= 11 is 0. The van der Waals surface area contributed by atoms with E-state index < -0.39 is 9.84 Å². The molecule has 5 heteroatoms. The lowest BCUT2D eigenvalue weighted by Crippen LogP contribution is -2.43. The van der Waals surface area contributed by atoms with Gasteiger partial charge in [-0.05, 0) is 38.4 Å². The molecule has 0 saturated carbocycles. The maximum atomic E-state index is 11.7. The van der Waals surface area contributed by atoms with Gasteiger partial charge in [-0.25, -0.2) is 8.42 Å². The molecule has 3 unspecified atom stereocenters. The van der Waals surface area contributed by atoms with Crippen molar-refractivity contribution in [3.8, 4) is 0 Å². The van der Waals surface area contributed by atoms with E-state index in [2.05, 4.69) is 24.0 Å². The minimum atomic E-state index is -2.87. The number of sulfone groups is 1. The second kappa shape index (κ2) is 5.84. The van der Waals surface area contributed by atoms with Crippen molar-refractivity contribution in [1.29, 1.82) is 0 Å². The lowest BCUT2D eigenvalue weighted by atomic mass is 9.94. The van der Waals surface area contributed by atoms with Crippen LogP contribution in [0.1, 0.15) is 30.5 Å². The molecule has 1 saturated heterocycles. The molecule has 0 aromatic heterocycles. The van der Waals surface area contributed by atoms with Gasteiger partial charge in [-0.1, -0.05) is 24.3 Å². The molecule has 1 aromatic rings. The highest BCUT2D eigenvalue weighted by atomic mass is 32.2. The van der Waals surface area contributed by atoms with Crippen molar-refractivity contribution in [2.75, 3.05) is 18.6 Å². The van der Waals surface area contributed by atoms with E-state index in [1.54, 1.807) is 0 Å². The van der Waals surface area contributed by atoms with E-state index >= 15 is 0 Å². The largest absolute Gasteiger partial charge is 0.326 e. The second-order valence-electron chi connectivity index (χ2n) is 5.88. The van der Waals surface area contributed by atoms with Crippen LogP contribution in [0, 0.1) is 6.92 Å². The average molecular weight is 296 g/mol. The third-order valence-electron chi connectivity index (χ3n) is 4.23. The van der Waals surface area contributed by atoms with Crippen molar-refractivity contribution in [2.45, 2.75) is 38.4 Å². The Labute approximate surface area is 121 Å². The van der Waals surface area contributed by atoms with Gasteiger partial charge in [0.05, 0.1) is 11.5 Å². The molecular formula is C15H24N2O2S. The summed E-state index contributed by atoms with van der Waals surface area (Å²) in [5.74, 6) is 0.542. The van der Waals surface area contributed by atoms with Crippen molar-refractivity contribution in [1.82, 2.24) is 4.90 Å². The predicted molar refractivity (Wildman–Crippen MR) is 82.4 cm³/mol. The molecule has 1 aliphatic rings. The molecule has 1 aromatic carbocycles. The fourth-order valence-electron chi connectivity index (χ4n) is 3.12. The molecule has 4 nitrogen and oxygen atoms in total. The van der Waals surface area contributed by atoms with Gasteiger partial charge in [-0.2, -0.15) is 0 Å². The van der Waals surface area contributed by atoms with Crippen LogP contribution in [0.15, 0.2) is 24.3 Å². The molecule has 3 atom stereocenters. The number of aryl methyl sites for hydroxylation is 1. The topological polar surface area (TPSA) is 63.4 Å². The van der Waals surface area contributed by atoms with Gasteiger partial charge in [0, 0.05) is 18.1 Å². The van der Waals surface area contributed by atoms with Crippen molar-refractivity contribution in [3.63, 3.8) is 0 Å². The second-order valence-corrected chi connectivity index (χ2v) is 8.11. The van der Waals surface area contributed by atoms with Gasteiger partial charge in [0.2, 0.25) is 0 Å². The Morgan fingerprint density at radius 3 is 2.50 bits per heavy atom. The van der Waals surface area contributed by atoms with Crippen LogP contribution in [-0.2, 0) is 9.84 Å². The molecule has 1 fully saturated rings. The Morgan fingerprint density at radius 1 is 1.35 bits per heavy atom. The molecule has 112 valence electrons. The summed E-state index contributed by atoms with van der Waals surface area (Å²) in [5, 5.41) is 0. The van der Waals surface area contributed by atoms with Crippen LogP contribution in [0.25, 0.3) is 0 Å². The highest BCUT2D eigenvalue weighted by Gasteiger charge is 2.35. The van der Waals surface area contributed by atoms with Crippen LogP contribution in [0.5, 0.6) is 0 Å². The molecule has 0 spiro atoms. The Hall–Kier alpha value is -0.910. The van der Waals surface area contributed by atoms with Gasteiger partial charge in [-0.15, -0.1) is 0 Å². The van der Waals surface area contributed by atoms with E-state index in [9.17, 15) is 8.42 Å². The summed E-state index contributed by atoms with van der Waals surface area (Å²) in [6.07, 6.45) is 0.702. The van der Waals surface area contributed by atoms with Crippen molar-refractivity contribution >= 4 is 9.84 Å². The van der Waals surface area contributed by atoms with Crippen LogP contribution in [0.4, 0.5) is 0 Å². The Kier molecular flexibility index (Phi) is 4.52. The summed E-state index contributed by atoms with van der Waals surface area (Å²) < 4.78 is 23.4. The van der Waals surface area contributed by atoms with E-state index in [-0.39, 0.29) is 23.9 Å². The monoisotopic (exact) mass is 296 g/mol. The van der Waals surface area contributed by atoms with Crippen LogP contribution < -0.4 is 5.73 Å². The molecule has 2 rings (SSSR count). The first-order chi connectivity index (χ1) is 9.32. The normalized spacial score (nSPS) is 24.8. The lowest BCUT2D eigenvalue weighted by molar-refractivity contribution is 0.167. The predicted octanol–water partition coefficient (Wildman–Crippen LogP) is 1.50. The molecule has 20 heavy (non-hydrogen) atoms. The molecule has 1 heterocycles. The highest BCUT2D eigenvalue weighted by Crippen LogP contribution is 2.30. The summed E-state index contributed by atoms with van der Waals surface area (Å²) in [7, 11) is -0.882. The molecule has 1 aliphatic heterocycles. The van der Waals surface area contributed by atoms with Gasteiger partial charge in [0.15, 0.2) is 9.84 Å². The molecule has 0 amide bonds. The number of nitrogens with zero attached hydrogens (tertiary/aromatic N) is 1. The summed E-state index contributed by atoms with van der Waals surface area (Å²) in [6, 6.07) is 8.25. The van der Waals surface area contributed by atoms with Crippen LogP contribution in [0.2, 0.25) is 0 Å². The SMILES string of the molecule is Cc1ccccc1C(C(C)N)N(C)C1CCS(=O)(=O)C1. The summed E-state index contributed by atoms with van der Waals surface area (Å²) in [5.41, 5.74) is 8.57. The quantitative estimate of drug-likeness (QED) is 0.914. The van der Waals surface area contributed by atoms with Crippen LogP contribution >= 0.6 is 0 Å². The smallest absolute Gasteiger partial charge is 0.151 e. The van der Waals surface area contributed by atoms with Gasteiger partial charge >= 0.3 is 0 Å². The van der Waals surface area contributed by atoms with Crippen molar-refractivity contribution in [2.24, 2.45) is 5.73 Å². The summed E-state index contributed by atoms with van der Waals surface area (Å²) in [6.45, 7) is 4.06. The number of benzene rings is 1. The molecule has 2 N–H and O–H groups in total. The third-order valence-corrected chi connectivity index (χ3v) is 5.98. The Bertz CT molecular complexity index is 569. The number of nitrogens with two attached hydrogens (primary N) is 1. The van der Waals surface area contributed by atoms with E-state index in [1.165, 1.54) is 11.1 Å². The highest BCUT2D eigenvalue weighted by molar-refractivity contribution is 7.91. The average Bonchev–Trinajstić information content (AvgIpc) is 2.72. The Morgan fingerprint density at radius 2 is 2.00 bits per heavy atom. The van der Waals surface area contributed by atoms with Crippen LogP contribution in [0.3, 0.4) is 0 Å². The minimum absolute atomic E-state index is 0.0505. The Balaban J connectivity index is 2.28. The zero-order valence-electron chi connectivity index (χ0n) is 12.4. The van der Waals surface area contributed by atoms with E-state index in [0.717, 1.165) is 0 Å². The van der Waals surface area contributed by atoms with Crippen LogP contribution in [-0.4, -0.2) is 44.0 Å². The molecule has 0 aliphatic carbocycles. The zero-order chi connectivity index (χ0) is 14.9. The number of rotatable bonds is 4. The lowest BCUT2D eigenvalue weighted by Gasteiger charge is -2.36. The number of likely N-dealkylation sites (N-methyl/N-ethyl adjacent to an activating group) is 1. The first kappa shape index (κ1) is 15.5. The fourth-order valence-corrected chi connectivity index (χ4v) is 4.90. The standard InChI is InChI=1S/C15H24N2O2S/c1-11-6-4-5-7-14(11)15(12(2)16)17(3)13-8-9-20(18,19)10-13/h4-7,12-13,15H,8-10,16H2,1-3H3. The van der Waals surface area contributed by atoms with E-state index in [4.69, 9.17) is 5.73 Å². The molecular weight excluding hydrogens is 272 g/mol. The van der Waals surface area contributed by atoms with Gasteiger partial charge in [0.1, 0.15) is 0 Å². The maximum Gasteiger partial charge on any atom is 0.151 e. The van der Waals surface area contributed by atoms with E-state index in [1.807, 2.05) is 26.1 Å². The zero-order valence-corrected chi connectivity index (χ0v) is 13.2. The van der Waals surface area contributed by atoms with E-state index in [0.29, 0.717) is 12.2 Å². The fraction of sp³-hybridized carbons (Fsp3) is 0.600. The summed E-state index contributed by atoms with van der Waals surface area (Å²) in [4.78, 5) is 2.15. The molecule has 0 bridgehead atoms. The van der Waals surface area contributed by atoms with Gasteiger partial charge in [0.25, 0.3) is 0 Å². The number of hydrogen-bond acceptors (Lipinski definition) is 4. The van der Waals surface area contributed by atoms with Crippen molar-refractivity contribution < 1.29 is 8.42 Å². The van der Waals surface area contributed by atoms with Gasteiger partial charge in [-0.3, -0.25) is 4.90 Å².